The van der Waals surface area contributed by atoms with Crippen molar-refractivity contribution < 1.29 is 19.0 Å². The van der Waals surface area contributed by atoms with Crippen LogP contribution in [0.1, 0.15) is 15.9 Å². The Labute approximate surface area is 124 Å². The van der Waals surface area contributed by atoms with Gasteiger partial charge < -0.3 is 14.2 Å². The predicted molar refractivity (Wildman–Crippen MR) is 76.4 cm³/mol. The lowest BCUT2D eigenvalue weighted by Crippen LogP contribution is -1.98. The Morgan fingerprint density at radius 2 is 2.00 bits per heavy atom. The number of rotatable bonds is 4. The lowest BCUT2D eigenvalue weighted by molar-refractivity contribution is 0.111. The molecule has 1 aliphatic heterocycles. The molecule has 3 rings (SSSR count). The van der Waals surface area contributed by atoms with Gasteiger partial charge in [0, 0.05) is 10.5 Å². The van der Waals surface area contributed by atoms with Gasteiger partial charge in [-0.2, -0.15) is 0 Å². The average Bonchev–Trinajstić information content (AvgIpc) is 2.91. The molecule has 0 unspecified atom stereocenters. The Kier molecular flexibility index (Phi) is 3.60. The first-order chi connectivity index (χ1) is 9.76. The first-order valence-corrected chi connectivity index (χ1v) is 6.81. The van der Waals surface area contributed by atoms with E-state index in [-0.39, 0.29) is 6.79 Å². The molecule has 5 heteroatoms. The Morgan fingerprint density at radius 3 is 2.75 bits per heavy atom. The van der Waals surface area contributed by atoms with Crippen molar-refractivity contribution in [2.75, 3.05) is 6.79 Å². The van der Waals surface area contributed by atoms with Crippen LogP contribution < -0.4 is 14.2 Å². The number of hydrogen-bond donors (Lipinski definition) is 0. The molecule has 0 spiro atoms. The predicted octanol–water partition coefficient (Wildman–Crippen LogP) is 3.57. The van der Waals surface area contributed by atoms with Crippen LogP contribution in [0.4, 0.5) is 0 Å². The fourth-order valence-corrected chi connectivity index (χ4v) is 2.39. The number of aldehydes is 1. The molecule has 0 bridgehead atoms. The van der Waals surface area contributed by atoms with E-state index in [0.717, 1.165) is 16.3 Å². The third-order valence-corrected chi connectivity index (χ3v) is 3.41. The average molecular weight is 335 g/mol. The van der Waals surface area contributed by atoms with E-state index in [2.05, 4.69) is 15.9 Å². The molecule has 0 radical (unpaired) electrons. The van der Waals surface area contributed by atoms with Gasteiger partial charge in [-0.25, -0.2) is 0 Å². The van der Waals surface area contributed by atoms with Crippen molar-refractivity contribution in [3.05, 3.63) is 52.0 Å². The molecule has 0 saturated heterocycles. The Balaban J connectivity index is 1.82. The molecule has 0 atom stereocenters. The SMILES string of the molecule is O=Cc1cc2c(cc1OCc1cccc(Br)c1)OCO2. The van der Waals surface area contributed by atoms with Gasteiger partial charge in [0.2, 0.25) is 6.79 Å². The van der Waals surface area contributed by atoms with Crippen LogP contribution in [0.3, 0.4) is 0 Å². The summed E-state index contributed by atoms with van der Waals surface area (Å²) in [5.74, 6) is 1.66. The molecule has 102 valence electrons. The fourth-order valence-electron chi connectivity index (χ4n) is 1.94. The maximum atomic E-state index is 11.1. The van der Waals surface area contributed by atoms with Crippen molar-refractivity contribution in [1.29, 1.82) is 0 Å². The zero-order valence-electron chi connectivity index (χ0n) is 10.5. The number of carbonyl (C=O) groups is 1. The van der Waals surface area contributed by atoms with Gasteiger partial charge in [0.1, 0.15) is 12.4 Å². The van der Waals surface area contributed by atoms with E-state index in [1.807, 2.05) is 24.3 Å². The summed E-state index contributed by atoms with van der Waals surface area (Å²) >= 11 is 3.41. The van der Waals surface area contributed by atoms with Crippen LogP contribution in [-0.4, -0.2) is 13.1 Å². The van der Waals surface area contributed by atoms with Crippen molar-refractivity contribution in [1.82, 2.24) is 0 Å². The summed E-state index contributed by atoms with van der Waals surface area (Å²) in [6.07, 6.45) is 0.748. The molecule has 1 aliphatic rings. The Hall–Kier alpha value is -2.01. The van der Waals surface area contributed by atoms with Gasteiger partial charge in [-0.05, 0) is 23.8 Å². The largest absolute Gasteiger partial charge is 0.488 e. The lowest BCUT2D eigenvalue weighted by Gasteiger charge is -2.09. The first kappa shape index (κ1) is 13.0. The highest BCUT2D eigenvalue weighted by atomic mass is 79.9. The molecular weight excluding hydrogens is 324 g/mol. The first-order valence-electron chi connectivity index (χ1n) is 6.02. The number of halogens is 1. The summed E-state index contributed by atoms with van der Waals surface area (Å²) in [5, 5.41) is 0. The second kappa shape index (κ2) is 5.54. The van der Waals surface area contributed by atoms with E-state index in [1.165, 1.54) is 0 Å². The maximum absolute atomic E-state index is 11.1. The van der Waals surface area contributed by atoms with Crippen LogP contribution in [0.15, 0.2) is 40.9 Å². The second-order valence-corrected chi connectivity index (χ2v) is 5.20. The van der Waals surface area contributed by atoms with Crippen LogP contribution in [0.2, 0.25) is 0 Å². The van der Waals surface area contributed by atoms with Crippen LogP contribution in [-0.2, 0) is 6.61 Å². The summed E-state index contributed by atoms with van der Waals surface area (Å²) in [5.41, 5.74) is 1.46. The summed E-state index contributed by atoms with van der Waals surface area (Å²) in [6, 6.07) is 11.1. The van der Waals surface area contributed by atoms with E-state index in [0.29, 0.717) is 29.4 Å². The standard InChI is InChI=1S/C15H11BrO4/c16-12-3-1-2-10(4-12)8-18-13-6-15-14(19-9-20-15)5-11(13)7-17/h1-7H,8-9H2. The van der Waals surface area contributed by atoms with E-state index in [9.17, 15) is 4.79 Å². The van der Waals surface area contributed by atoms with Crippen molar-refractivity contribution in [2.45, 2.75) is 6.61 Å². The van der Waals surface area contributed by atoms with Crippen LogP contribution in [0.5, 0.6) is 17.2 Å². The highest BCUT2D eigenvalue weighted by Crippen LogP contribution is 2.37. The Bertz CT molecular complexity index is 654. The van der Waals surface area contributed by atoms with Crippen LogP contribution in [0, 0.1) is 0 Å². The lowest BCUT2D eigenvalue weighted by atomic mass is 10.2. The van der Waals surface area contributed by atoms with Crippen molar-refractivity contribution >= 4 is 22.2 Å². The van der Waals surface area contributed by atoms with E-state index >= 15 is 0 Å². The number of fused-ring (bicyclic) bond motifs is 1. The van der Waals surface area contributed by atoms with E-state index < -0.39 is 0 Å². The third kappa shape index (κ3) is 2.63. The topological polar surface area (TPSA) is 44.8 Å². The maximum Gasteiger partial charge on any atom is 0.231 e. The van der Waals surface area contributed by atoms with Gasteiger partial charge in [0.15, 0.2) is 17.8 Å². The van der Waals surface area contributed by atoms with E-state index in [4.69, 9.17) is 14.2 Å². The minimum absolute atomic E-state index is 0.169. The summed E-state index contributed by atoms with van der Waals surface area (Å²) < 4.78 is 17.2. The summed E-state index contributed by atoms with van der Waals surface area (Å²) in [6.45, 7) is 0.544. The van der Waals surface area contributed by atoms with Crippen molar-refractivity contribution in [2.24, 2.45) is 0 Å². The van der Waals surface area contributed by atoms with Gasteiger partial charge in [-0.15, -0.1) is 0 Å². The molecular formula is C15H11BrO4. The monoisotopic (exact) mass is 334 g/mol. The smallest absolute Gasteiger partial charge is 0.231 e. The van der Waals surface area contributed by atoms with Crippen LogP contribution >= 0.6 is 15.9 Å². The second-order valence-electron chi connectivity index (χ2n) is 4.28. The van der Waals surface area contributed by atoms with Crippen LogP contribution in [0.25, 0.3) is 0 Å². The minimum Gasteiger partial charge on any atom is -0.488 e. The third-order valence-electron chi connectivity index (χ3n) is 2.92. The van der Waals surface area contributed by atoms with Gasteiger partial charge >= 0.3 is 0 Å². The fraction of sp³-hybridized carbons (Fsp3) is 0.133. The number of benzene rings is 2. The molecule has 0 aliphatic carbocycles. The highest BCUT2D eigenvalue weighted by molar-refractivity contribution is 9.10. The van der Waals surface area contributed by atoms with Gasteiger partial charge in [-0.3, -0.25) is 4.79 Å². The number of carbonyl (C=O) groups excluding carboxylic acids is 1. The molecule has 2 aromatic carbocycles. The van der Waals surface area contributed by atoms with Gasteiger partial charge in [0.25, 0.3) is 0 Å². The summed E-state index contributed by atoms with van der Waals surface area (Å²) in [7, 11) is 0. The molecule has 1 heterocycles. The molecule has 20 heavy (non-hydrogen) atoms. The molecule has 2 aromatic rings. The quantitative estimate of drug-likeness (QED) is 0.802. The molecule has 0 amide bonds. The van der Waals surface area contributed by atoms with E-state index in [1.54, 1.807) is 12.1 Å². The number of ether oxygens (including phenoxy) is 3. The molecule has 0 aromatic heterocycles. The molecule has 4 nitrogen and oxygen atoms in total. The molecule has 0 fully saturated rings. The molecule has 0 N–H and O–H groups in total. The Morgan fingerprint density at radius 1 is 1.20 bits per heavy atom. The summed E-state index contributed by atoms with van der Waals surface area (Å²) in [4.78, 5) is 11.1. The number of hydrogen-bond acceptors (Lipinski definition) is 4. The molecule has 0 saturated carbocycles. The van der Waals surface area contributed by atoms with Crippen molar-refractivity contribution in [3.63, 3.8) is 0 Å². The van der Waals surface area contributed by atoms with Gasteiger partial charge in [0.05, 0.1) is 5.56 Å². The zero-order valence-corrected chi connectivity index (χ0v) is 12.1. The highest BCUT2D eigenvalue weighted by Gasteiger charge is 2.17. The van der Waals surface area contributed by atoms with Crippen molar-refractivity contribution in [3.8, 4) is 17.2 Å². The minimum atomic E-state index is 0.169. The van der Waals surface area contributed by atoms with Gasteiger partial charge in [-0.1, -0.05) is 28.1 Å². The normalized spacial score (nSPS) is 12.2. The zero-order chi connectivity index (χ0) is 13.9.